The molecule has 0 aliphatic rings. The third-order valence-electron chi connectivity index (χ3n) is 1.30. The van der Waals surface area contributed by atoms with Gasteiger partial charge in [-0.2, -0.15) is 0 Å². The van der Waals surface area contributed by atoms with E-state index in [9.17, 15) is 4.79 Å². The molecule has 0 bridgehead atoms. The van der Waals surface area contributed by atoms with Gasteiger partial charge in [-0.1, -0.05) is 22.6 Å². The Balaban J connectivity index is 3.39. The molecule has 1 rings (SSSR count). The first kappa shape index (κ1) is 9.48. The number of carbonyl (C=O) groups is 1. The molecule has 62 valence electrons. The lowest BCUT2D eigenvalue weighted by molar-refractivity contribution is 0.0701. The second-order valence-electron chi connectivity index (χ2n) is 2.07. The zero-order valence-corrected chi connectivity index (χ0v) is 9.06. The Morgan fingerprint density at radius 2 is 2.33 bits per heavy atom. The fourth-order valence-corrected chi connectivity index (χ4v) is 2.87. The van der Waals surface area contributed by atoms with Crippen molar-refractivity contribution in [2.75, 3.05) is 0 Å². The highest BCUT2D eigenvalue weighted by molar-refractivity contribution is 14.1. The molecular weight excluding hydrogens is 289 g/mol. The van der Waals surface area contributed by atoms with Crippen LogP contribution in [0.1, 0.15) is 14.5 Å². The van der Waals surface area contributed by atoms with Crippen LogP contribution in [0.15, 0.2) is 0 Å². The molecule has 1 aromatic rings. The fourth-order valence-electron chi connectivity index (χ4n) is 0.774. The summed E-state index contributed by atoms with van der Waals surface area (Å²) in [7, 11) is 0. The van der Waals surface area contributed by atoms with Gasteiger partial charge in [0.25, 0.3) is 0 Å². The minimum Gasteiger partial charge on any atom is -0.477 e. The van der Waals surface area contributed by atoms with Crippen LogP contribution in [0.5, 0.6) is 0 Å². The van der Waals surface area contributed by atoms with Crippen molar-refractivity contribution < 1.29 is 9.90 Å². The maximum absolute atomic E-state index is 10.6. The number of carboxylic acid groups (broad SMARTS) is 1. The summed E-state index contributed by atoms with van der Waals surface area (Å²) in [4.78, 5) is 14.9. The molecule has 1 N–H and O–H groups in total. The van der Waals surface area contributed by atoms with Gasteiger partial charge < -0.3 is 5.11 Å². The number of carboxylic acids is 1. The molecule has 1 aromatic heterocycles. The minimum atomic E-state index is -0.956. The minimum absolute atomic E-state index is 0.263. The van der Waals surface area contributed by atoms with E-state index in [0.29, 0.717) is 9.26 Å². The molecule has 0 radical (unpaired) electrons. The van der Waals surface area contributed by atoms with Crippen LogP contribution in [-0.4, -0.2) is 11.1 Å². The Kier molecular flexibility index (Phi) is 2.69. The normalized spacial score (nSPS) is 9.42. The van der Waals surface area contributed by atoms with E-state index in [1.807, 2.05) is 22.6 Å². The highest BCUT2D eigenvalue weighted by atomic mass is 127. The highest BCUT2D eigenvalue weighted by Gasteiger charge is 2.17. The van der Waals surface area contributed by atoms with Gasteiger partial charge in [0.05, 0.1) is 6.57 Å². The van der Waals surface area contributed by atoms with Crippen molar-refractivity contribution in [2.45, 2.75) is 6.92 Å². The van der Waals surface area contributed by atoms with E-state index in [4.69, 9.17) is 11.7 Å². The Hall–Kier alpha value is -0.610. The van der Waals surface area contributed by atoms with Crippen LogP contribution in [0, 0.1) is 17.1 Å². The molecule has 1 heterocycles. The van der Waals surface area contributed by atoms with Gasteiger partial charge in [-0.25, -0.2) is 9.64 Å². The highest BCUT2D eigenvalue weighted by Crippen LogP contribution is 2.35. The predicted octanol–water partition coefficient (Wildman–Crippen LogP) is 2.91. The van der Waals surface area contributed by atoms with E-state index < -0.39 is 5.97 Å². The van der Waals surface area contributed by atoms with Crippen molar-refractivity contribution in [3.63, 3.8) is 0 Å². The van der Waals surface area contributed by atoms with Crippen LogP contribution in [0.3, 0.4) is 0 Å². The van der Waals surface area contributed by atoms with Crippen molar-refractivity contribution in [1.29, 1.82) is 0 Å². The number of nitrogens with zero attached hydrogens (tertiary/aromatic N) is 1. The lowest BCUT2D eigenvalue weighted by Crippen LogP contribution is -1.93. The topological polar surface area (TPSA) is 41.7 Å². The second kappa shape index (κ2) is 3.41. The van der Waals surface area contributed by atoms with Crippen molar-refractivity contribution in [2.24, 2.45) is 0 Å². The smallest absolute Gasteiger partial charge is 0.345 e. The number of halogens is 1. The summed E-state index contributed by atoms with van der Waals surface area (Å²) in [5.41, 5.74) is 0.470. The molecule has 0 aliphatic carbocycles. The molecule has 0 atom stereocenters. The van der Waals surface area contributed by atoms with Gasteiger partial charge in [-0.05, 0) is 6.92 Å². The molecule has 0 spiro atoms. The van der Waals surface area contributed by atoms with Gasteiger partial charge in [0.2, 0.25) is 5.69 Å². The van der Waals surface area contributed by atoms with E-state index in [2.05, 4.69) is 4.85 Å². The van der Waals surface area contributed by atoms with E-state index in [-0.39, 0.29) is 4.88 Å². The Labute approximate surface area is 87.0 Å². The number of aryl methyl sites for hydroxylation is 1. The van der Waals surface area contributed by atoms with Gasteiger partial charge >= 0.3 is 5.97 Å². The molecule has 0 unspecified atom stereocenters. The van der Waals surface area contributed by atoms with Gasteiger partial charge in [-0.15, -0.1) is 11.3 Å². The standard InChI is InChI=1S/C7H4INO2S/c1-3-5(9-2)4(8)6(12-3)7(10)11/h1H3,(H,10,11). The summed E-state index contributed by atoms with van der Waals surface area (Å²) in [6, 6.07) is 0. The van der Waals surface area contributed by atoms with Gasteiger partial charge in [0.15, 0.2) is 0 Å². The molecule has 0 amide bonds. The summed E-state index contributed by atoms with van der Waals surface area (Å²) in [5, 5.41) is 8.70. The number of aromatic carboxylic acids is 1. The predicted molar refractivity (Wildman–Crippen MR) is 55.0 cm³/mol. The number of rotatable bonds is 1. The van der Waals surface area contributed by atoms with E-state index in [1.165, 1.54) is 0 Å². The van der Waals surface area contributed by atoms with Gasteiger partial charge in [-0.3, -0.25) is 0 Å². The summed E-state index contributed by atoms with van der Waals surface area (Å²) >= 11 is 3.05. The average molecular weight is 293 g/mol. The quantitative estimate of drug-likeness (QED) is 0.639. The molecule has 3 nitrogen and oxygen atoms in total. The van der Waals surface area contributed by atoms with Crippen LogP contribution in [-0.2, 0) is 0 Å². The van der Waals surface area contributed by atoms with Gasteiger partial charge in [0.1, 0.15) is 4.88 Å². The van der Waals surface area contributed by atoms with Crippen molar-refractivity contribution >= 4 is 45.6 Å². The van der Waals surface area contributed by atoms with Crippen LogP contribution in [0.2, 0.25) is 0 Å². The zero-order valence-electron chi connectivity index (χ0n) is 6.09. The number of hydrogen-bond donors (Lipinski definition) is 1. The maximum atomic E-state index is 10.6. The second-order valence-corrected chi connectivity index (χ2v) is 4.37. The largest absolute Gasteiger partial charge is 0.477 e. The van der Waals surface area contributed by atoms with E-state index >= 15 is 0 Å². The van der Waals surface area contributed by atoms with Crippen LogP contribution < -0.4 is 0 Å². The summed E-state index contributed by atoms with van der Waals surface area (Å²) in [5.74, 6) is -0.956. The lowest BCUT2D eigenvalue weighted by Gasteiger charge is -1.87. The third kappa shape index (κ3) is 1.44. The molecule has 5 heteroatoms. The number of hydrogen-bond acceptors (Lipinski definition) is 2. The number of thiophene rings is 1. The first-order chi connectivity index (χ1) is 5.57. The summed E-state index contributed by atoms with van der Waals surface area (Å²) in [6.07, 6.45) is 0. The Bertz CT molecular complexity index is 377. The molecule has 0 aromatic carbocycles. The monoisotopic (exact) mass is 293 g/mol. The average Bonchev–Trinajstić information content (AvgIpc) is 2.27. The Morgan fingerprint density at radius 3 is 2.58 bits per heavy atom. The molecule has 0 aliphatic heterocycles. The zero-order chi connectivity index (χ0) is 9.30. The SMILES string of the molecule is [C-]#[N+]c1c(C)sc(C(=O)O)c1I. The first-order valence-electron chi connectivity index (χ1n) is 2.97. The lowest BCUT2D eigenvalue weighted by atomic mass is 10.4. The molecular formula is C7H4INO2S. The first-order valence-corrected chi connectivity index (χ1v) is 4.87. The van der Waals surface area contributed by atoms with E-state index in [0.717, 1.165) is 16.2 Å². The summed E-state index contributed by atoms with van der Waals surface area (Å²) < 4.78 is 0.553. The van der Waals surface area contributed by atoms with Crippen molar-refractivity contribution in [3.8, 4) is 0 Å². The molecule has 0 saturated carbocycles. The van der Waals surface area contributed by atoms with Crippen LogP contribution in [0.25, 0.3) is 4.85 Å². The molecule has 0 saturated heterocycles. The van der Waals surface area contributed by atoms with Crippen molar-refractivity contribution in [1.82, 2.24) is 0 Å². The fraction of sp³-hybridized carbons (Fsp3) is 0.143. The van der Waals surface area contributed by atoms with Crippen LogP contribution >= 0.6 is 33.9 Å². The van der Waals surface area contributed by atoms with Crippen molar-refractivity contribution in [3.05, 3.63) is 24.7 Å². The van der Waals surface area contributed by atoms with E-state index in [1.54, 1.807) is 6.92 Å². The van der Waals surface area contributed by atoms with Crippen LogP contribution in [0.4, 0.5) is 5.69 Å². The third-order valence-corrected chi connectivity index (χ3v) is 3.80. The Morgan fingerprint density at radius 1 is 1.75 bits per heavy atom. The van der Waals surface area contributed by atoms with Gasteiger partial charge in [0, 0.05) is 8.45 Å². The summed E-state index contributed by atoms with van der Waals surface area (Å²) in [6.45, 7) is 8.57. The maximum Gasteiger partial charge on any atom is 0.345 e. The molecule has 0 fully saturated rings. The molecule has 12 heavy (non-hydrogen) atoms.